The summed E-state index contributed by atoms with van der Waals surface area (Å²) in [7, 11) is 1.61. The second kappa shape index (κ2) is 9.64. The SMILES string of the molecule is CCOC(=O)C1CCCN(C(=O)c2nc(-c3ccccc3)n(-c3ccc(OC)cc3)n2)C1. The van der Waals surface area contributed by atoms with E-state index in [9.17, 15) is 9.59 Å². The van der Waals surface area contributed by atoms with E-state index in [0.717, 1.165) is 23.4 Å². The zero-order valence-corrected chi connectivity index (χ0v) is 18.2. The van der Waals surface area contributed by atoms with Gasteiger partial charge in [-0.1, -0.05) is 30.3 Å². The molecule has 1 atom stereocenters. The number of hydrogen-bond donors (Lipinski definition) is 0. The number of aromatic nitrogens is 3. The third-order valence-electron chi connectivity index (χ3n) is 5.48. The number of ether oxygens (including phenoxy) is 2. The summed E-state index contributed by atoms with van der Waals surface area (Å²) in [6.07, 6.45) is 1.45. The molecule has 1 aliphatic heterocycles. The topological polar surface area (TPSA) is 86.6 Å². The van der Waals surface area contributed by atoms with Crippen molar-refractivity contribution in [3.8, 4) is 22.8 Å². The summed E-state index contributed by atoms with van der Waals surface area (Å²) in [5.41, 5.74) is 1.61. The lowest BCUT2D eigenvalue weighted by Gasteiger charge is -2.30. The van der Waals surface area contributed by atoms with Crippen molar-refractivity contribution in [3.63, 3.8) is 0 Å². The molecule has 0 aliphatic carbocycles. The van der Waals surface area contributed by atoms with Crippen molar-refractivity contribution in [2.45, 2.75) is 19.8 Å². The van der Waals surface area contributed by atoms with Gasteiger partial charge in [-0.05, 0) is 44.0 Å². The first-order valence-corrected chi connectivity index (χ1v) is 10.7. The van der Waals surface area contributed by atoms with Gasteiger partial charge in [0.25, 0.3) is 5.91 Å². The number of likely N-dealkylation sites (tertiary alicyclic amines) is 1. The number of rotatable bonds is 6. The van der Waals surface area contributed by atoms with E-state index >= 15 is 0 Å². The van der Waals surface area contributed by atoms with Crippen LogP contribution in [0.25, 0.3) is 17.1 Å². The molecule has 8 heteroatoms. The maximum atomic E-state index is 13.3. The Bertz CT molecular complexity index is 1080. The fraction of sp³-hybridized carbons (Fsp3) is 0.333. The second-order valence-corrected chi connectivity index (χ2v) is 7.58. The summed E-state index contributed by atoms with van der Waals surface area (Å²) in [6.45, 7) is 2.99. The lowest BCUT2D eigenvalue weighted by atomic mass is 9.98. The van der Waals surface area contributed by atoms with E-state index in [1.807, 2.05) is 54.6 Å². The highest BCUT2D eigenvalue weighted by Gasteiger charge is 2.32. The van der Waals surface area contributed by atoms with Crippen LogP contribution in [0.15, 0.2) is 54.6 Å². The number of benzene rings is 2. The van der Waals surface area contributed by atoms with Gasteiger partial charge in [-0.25, -0.2) is 9.67 Å². The average molecular weight is 434 g/mol. The van der Waals surface area contributed by atoms with Crippen LogP contribution in [-0.4, -0.2) is 58.3 Å². The number of carbonyl (C=O) groups excluding carboxylic acids is 2. The summed E-state index contributed by atoms with van der Waals surface area (Å²) in [6, 6.07) is 17.0. The Morgan fingerprint density at radius 3 is 2.53 bits per heavy atom. The Hall–Kier alpha value is -3.68. The Morgan fingerprint density at radius 1 is 1.09 bits per heavy atom. The normalized spacial score (nSPS) is 15.9. The van der Waals surface area contributed by atoms with Gasteiger partial charge in [0, 0.05) is 18.7 Å². The van der Waals surface area contributed by atoms with Crippen molar-refractivity contribution in [2.75, 3.05) is 26.8 Å². The summed E-state index contributed by atoms with van der Waals surface area (Å²) in [5, 5.41) is 4.55. The van der Waals surface area contributed by atoms with Crippen molar-refractivity contribution in [2.24, 2.45) is 5.92 Å². The molecule has 0 saturated carbocycles. The van der Waals surface area contributed by atoms with Crippen LogP contribution in [0, 0.1) is 5.92 Å². The largest absolute Gasteiger partial charge is 0.497 e. The fourth-order valence-corrected chi connectivity index (χ4v) is 3.84. The van der Waals surface area contributed by atoms with Crippen LogP contribution >= 0.6 is 0 Å². The van der Waals surface area contributed by atoms with Gasteiger partial charge in [-0.3, -0.25) is 9.59 Å². The van der Waals surface area contributed by atoms with Crippen LogP contribution < -0.4 is 4.74 Å². The van der Waals surface area contributed by atoms with E-state index in [-0.39, 0.29) is 23.6 Å². The molecule has 1 saturated heterocycles. The van der Waals surface area contributed by atoms with E-state index < -0.39 is 0 Å². The van der Waals surface area contributed by atoms with E-state index in [1.54, 1.807) is 23.6 Å². The van der Waals surface area contributed by atoms with Gasteiger partial charge in [-0.2, -0.15) is 0 Å². The molecule has 1 fully saturated rings. The van der Waals surface area contributed by atoms with Crippen LogP contribution in [0.5, 0.6) is 5.75 Å². The monoisotopic (exact) mass is 434 g/mol. The standard InChI is InChI=1S/C24H26N4O4/c1-3-32-24(30)18-10-7-15-27(16-18)23(29)21-25-22(17-8-5-4-6-9-17)28(26-21)19-11-13-20(31-2)14-12-19/h4-6,8-9,11-14,18H,3,7,10,15-16H2,1-2H3. The molecular weight excluding hydrogens is 408 g/mol. The number of methoxy groups -OCH3 is 1. The van der Waals surface area contributed by atoms with E-state index in [2.05, 4.69) is 10.1 Å². The van der Waals surface area contributed by atoms with Crippen molar-refractivity contribution in [1.29, 1.82) is 0 Å². The zero-order valence-electron chi connectivity index (χ0n) is 18.2. The molecule has 0 bridgehead atoms. The van der Waals surface area contributed by atoms with Gasteiger partial charge >= 0.3 is 5.97 Å². The number of nitrogens with zero attached hydrogens (tertiary/aromatic N) is 4. The van der Waals surface area contributed by atoms with E-state index in [0.29, 0.717) is 31.9 Å². The van der Waals surface area contributed by atoms with Crippen molar-refractivity contribution in [3.05, 3.63) is 60.4 Å². The Balaban J connectivity index is 1.66. The third kappa shape index (κ3) is 4.49. The molecule has 8 nitrogen and oxygen atoms in total. The maximum Gasteiger partial charge on any atom is 0.310 e. The van der Waals surface area contributed by atoms with Crippen molar-refractivity contribution in [1.82, 2.24) is 19.7 Å². The van der Waals surface area contributed by atoms with Gasteiger partial charge in [0.1, 0.15) is 5.75 Å². The predicted molar refractivity (Wildman–Crippen MR) is 119 cm³/mol. The molecule has 0 radical (unpaired) electrons. The van der Waals surface area contributed by atoms with E-state index in [4.69, 9.17) is 9.47 Å². The molecule has 0 N–H and O–H groups in total. The molecule has 1 aliphatic rings. The molecule has 1 amide bonds. The van der Waals surface area contributed by atoms with Crippen molar-refractivity contribution < 1.29 is 19.1 Å². The quantitative estimate of drug-likeness (QED) is 0.553. The number of piperidine rings is 1. The third-order valence-corrected chi connectivity index (χ3v) is 5.48. The summed E-state index contributed by atoms with van der Waals surface area (Å²) >= 11 is 0. The highest BCUT2D eigenvalue weighted by Crippen LogP contribution is 2.24. The molecule has 166 valence electrons. The highest BCUT2D eigenvalue weighted by molar-refractivity contribution is 5.91. The number of amides is 1. The summed E-state index contributed by atoms with van der Waals surface area (Å²) < 4.78 is 12.1. The molecule has 1 aromatic heterocycles. The van der Waals surface area contributed by atoms with Gasteiger partial charge in [-0.15, -0.1) is 5.10 Å². The highest BCUT2D eigenvalue weighted by atomic mass is 16.5. The molecule has 3 aromatic rings. The van der Waals surface area contributed by atoms with Gasteiger partial charge < -0.3 is 14.4 Å². The summed E-state index contributed by atoms with van der Waals surface area (Å²) in [5.74, 6) is 0.534. The maximum absolute atomic E-state index is 13.3. The molecule has 32 heavy (non-hydrogen) atoms. The Kier molecular flexibility index (Phi) is 6.49. The van der Waals surface area contributed by atoms with Gasteiger partial charge in [0.15, 0.2) is 5.82 Å². The van der Waals surface area contributed by atoms with Crippen molar-refractivity contribution >= 4 is 11.9 Å². The first-order valence-electron chi connectivity index (χ1n) is 10.7. The molecule has 1 unspecified atom stereocenters. The number of hydrogen-bond acceptors (Lipinski definition) is 6. The van der Waals surface area contributed by atoms with Crippen LogP contribution in [0.2, 0.25) is 0 Å². The lowest BCUT2D eigenvalue weighted by molar-refractivity contribution is -0.149. The molecular formula is C24H26N4O4. The second-order valence-electron chi connectivity index (χ2n) is 7.58. The molecule has 2 heterocycles. The van der Waals surface area contributed by atoms with Crippen LogP contribution in [0.3, 0.4) is 0 Å². The van der Waals surface area contributed by atoms with Crippen LogP contribution in [-0.2, 0) is 9.53 Å². The lowest BCUT2D eigenvalue weighted by Crippen LogP contribution is -2.43. The number of esters is 1. The van der Waals surface area contributed by atoms with E-state index in [1.165, 1.54) is 0 Å². The van der Waals surface area contributed by atoms with Gasteiger partial charge in [0.2, 0.25) is 5.82 Å². The molecule has 4 rings (SSSR count). The zero-order chi connectivity index (χ0) is 22.5. The van der Waals surface area contributed by atoms with Crippen LogP contribution in [0.4, 0.5) is 0 Å². The fourth-order valence-electron chi connectivity index (χ4n) is 3.84. The van der Waals surface area contributed by atoms with Gasteiger partial charge in [0.05, 0.1) is 25.3 Å². The first-order chi connectivity index (χ1) is 15.6. The summed E-state index contributed by atoms with van der Waals surface area (Å²) in [4.78, 5) is 31.7. The smallest absolute Gasteiger partial charge is 0.310 e. The molecule has 2 aromatic carbocycles. The first kappa shape index (κ1) is 21.5. The van der Waals surface area contributed by atoms with Crippen LogP contribution in [0.1, 0.15) is 30.4 Å². The predicted octanol–water partition coefficient (Wildman–Crippen LogP) is 3.36. The minimum absolute atomic E-state index is 0.101. The minimum Gasteiger partial charge on any atom is -0.497 e. The minimum atomic E-state index is -0.315. The molecule has 0 spiro atoms. The average Bonchev–Trinajstić information content (AvgIpc) is 3.30. The Labute approximate surface area is 186 Å². The Morgan fingerprint density at radius 2 is 1.84 bits per heavy atom. The number of carbonyl (C=O) groups is 2.